The molecule has 3 nitrogen and oxygen atoms in total. The Kier molecular flexibility index (Phi) is 4.96. The molecule has 1 N–H and O–H groups in total. The Hall–Kier alpha value is -1.13. The lowest BCUT2D eigenvalue weighted by atomic mass is 10.2. The maximum absolute atomic E-state index is 4.31. The lowest BCUT2D eigenvalue weighted by Crippen LogP contribution is -2.16. The summed E-state index contributed by atoms with van der Waals surface area (Å²) >= 11 is 3.48. The number of rotatable bonds is 6. The SMILES string of the molecule is CCCn1nccc1CNCc1cccc(Br)c1. The van der Waals surface area contributed by atoms with Crippen molar-refractivity contribution in [2.75, 3.05) is 0 Å². The van der Waals surface area contributed by atoms with Gasteiger partial charge in [0.2, 0.25) is 0 Å². The Morgan fingerprint density at radius 1 is 1.28 bits per heavy atom. The Morgan fingerprint density at radius 2 is 2.17 bits per heavy atom. The summed E-state index contributed by atoms with van der Waals surface area (Å²) in [5.41, 5.74) is 2.53. The van der Waals surface area contributed by atoms with E-state index in [1.807, 2.05) is 12.3 Å². The largest absolute Gasteiger partial charge is 0.307 e. The van der Waals surface area contributed by atoms with Crippen molar-refractivity contribution in [1.82, 2.24) is 15.1 Å². The van der Waals surface area contributed by atoms with Crippen molar-refractivity contribution in [3.05, 3.63) is 52.3 Å². The van der Waals surface area contributed by atoms with E-state index in [1.54, 1.807) is 0 Å². The highest BCUT2D eigenvalue weighted by Gasteiger charge is 2.01. The van der Waals surface area contributed by atoms with Crippen LogP contribution in [0.4, 0.5) is 0 Å². The molecule has 1 heterocycles. The van der Waals surface area contributed by atoms with E-state index >= 15 is 0 Å². The molecule has 0 saturated heterocycles. The number of benzene rings is 1. The van der Waals surface area contributed by atoms with Gasteiger partial charge in [0, 0.05) is 30.3 Å². The number of halogens is 1. The fourth-order valence-corrected chi connectivity index (χ4v) is 2.35. The number of aromatic nitrogens is 2. The highest BCUT2D eigenvalue weighted by Crippen LogP contribution is 2.11. The minimum atomic E-state index is 0.854. The molecular weight excluding hydrogens is 290 g/mol. The van der Waals surface area contributed by atoms with Crippen molar-refractivity contribution in [2.24, 2.45) is 0 Å². The van der Waals surface area contributed by atoms with Crippen LogP contribution >= 0.6 is 15.9 Å². The number of hydrogen-bond donors (Lipinski definition) is 1. The average Bonchev–Trinajstić information content (AvgIpc) is 2.78. The first-order valence-corrected chi connectivity index (χ1v) is 7.04. The standard InChI is InChI=1S/C14H18BrN3/c1-2-8-18-14(6-7-17-18)11-16-10-12-4-3-5-13(15)9-12/h3-7,9,16H,2,8,10-11H2,1H3. The number of nitrogens with zero attached hydrogens (tertiary/aromatic N) is 2. The van der Waals surface area contributed by atoms with Gasteiger partial charge in [-0.1, -0.05) is 35.0 Å². The molecule has 2 aromatic rings. The molecule has 0 bridgehead atoms. The number of nitrogens with one attached hydrogen (secondary N) is 1. The van der Waals surface area contributed by atoms with Gasteiger partial charge in [-0.2, -0.15) is 5.10 Å². The van der Waals surface area contributed by atoms with Crippen molar-refractivity contribution in [1.29, 1.82) is 0 Å². The Morgan fingerprint density at radius 3 is 2.94 bits per heavy atom. The molecule has 0 saturated carbocycles. The van der Waals surface area contributed by atoms with Crippen molar-refractivity contribution in [2.45, 2.75) is 33.0 Å². The van der Waals surface area contributed by atoms with E-state index in [-0.39, 0.29) is 0 Å². The molecule has 0 unspecified atom stereocenters. The Bertz CT molecular complexity index is 493. The Labute approximate surface area is 116 Å². The molecule has 1 aromatic carbocycles. The van der Waals surface area contributed by atoms with Gasteiger partial charge in [0.05, 0.1) is 5.69 Å². The third-order valence-electron chi connectivity index (χ3n) is 2.76. The van der Waals surface area contributed by atoms with Crippen molar-refractivity contribution >= 4 is 15.9 Å². The fraction of sp³-hybridized carbons (Fsp3) is 0.357. The van der Waals surface area contributed by atoms with Gasteiger partial charge in [0.15, 0.2) is 0 Å². The fourth-order valence-electron chi connectivity index (χ4n) is 1.91. The lowest BCUT2D eigenvalue weighted by molar-refractivity contribution is 0.549. The second-order valence-corrected chi connectivity index (χ2v) is 5.19. The van der Waals surface area contributed by atoms with E-state index in [2.05, 4.69) is 62.2 Å². The molecular formula is C14H18BrN3. The smallest absolute Gasteiger partial charge is 0.0522 e. The van der Waals surface area contributed by atoms with Crippen LogP contribution in [0, 0.1) is 0 Å². The van der Waals surface area contributed by atoms with Gasteiger partial charge < -0.3 is 5.32 Å². The minimum absolute atomic E-state index is 0.854. The van der Waals surface area contributed by atoms with Crippen molar-refractivity contribution in [3.8, 4) is 0 Å². The van der Waals surface area contributed by atoms with Crippen LogP contribution in [0.15, 0.2) is 41.0 Å². The first kappa shape index (κ1) is 13.3. The monoisotopic (exact) mass is 307 g/mol. The molecule has 1 aromatic heterocycles. The molecule has 96 valence electrons. The minimum Gasteiger partial charge on any atom is -0.307 e. The molecule has 2 rings (SSSR count). The first-order valence-electron chi connectivity index (χ1n) is 6.25. The predicted molar refractivity (Wildman–Crippen MR) is 77.2 cm³/mol. The zero-order valence-corrected chi connectivity index (χ0v) is 12.2. The lowest BCUT2D eigenvalue weighted by Gasteiger charge is -2.08. The van der Waals surface area contributed by atoms with Crippen LogP contribution in [0.25, 0.3) is 0 Å². The second kappa shape index (κ2) is 6.71. The Balaban J connectivity index is 1.86. The van der Waals surface area contributed by atoms with Crippen LogP contribution < -0.4 is 5.32 Å². The molecule has 0 spiro atoms. The van der Waals surface area contributed by atoms with Gasteiger partial charge in [0.1, 0.15) is 0 Å². The normalized spacial score (nSPS) is 10.8. The van der Waals surface area contributed by atoms with E-state index in [0.29, 0.717) is 0 Å². The molecule has 0 aliphatic rings. The molecule has 18 heavy (non-hydrogen) atoms. The van der Waals surface area contributed by atoms with Crippen molar-refractivity contribution < 1.29 is 0 Å². The van der Waals surface area contributed by atoms with E-state index in [0.717, 1.165) is 30.5 Å². The number of hydrogen-bond acceptors (Lipinski definition) is 2. The van der Waals surface area contributed by atoms with Crippen LogP contribution in [-0.2, 0) is 19.6 Å². The van der Waals surface area contributed by atoms with Gasteiger partial charge in [-0.05, 0) is 30.2 Å². The topological polar surface area (TPSA) is 29.9 Å². The van der Waals surface area contributed by atoms with Gasteiger partial charge >= 0.3 is 0 Å². The predicted octanol–water partition coefficient (Wildman–Crippen LogP) is 3.35. The maximum Gasteiger partial charge on any atom is 0.0522 e. The van der Waals surface area contributed by atoms with Gasteiger partial charge in [-0.15, -0.1) is 0 Å². The molecule has 0 aliphatic carbocycles. The summed E-state index contributed by atoms with van der Waals surface area (Å²) in [4.78, 5) is 0. The highest BCUT2D eigenvalue weighted by atomic mass is 79.9. The summed E-state index contributed by atoms with van der Waals surface area (Å²) in [6.07, 6.45) is 2.98. The quantitative estimate of drug-likeness (QED) is 0.887. The zero-order chi connectivity index (χ0) is 12.8. The van der Waals surface area contributed by atoms with E-state index in [1.165, 1.54) is 11.3 Å². The highest BCUT2D eigenvalue weighted by molar-refractivity contribution is 9.10. The summed E-state index contributed by atoms with van der Waals surface area (Å²) in [6.45, 7) is 4.88. The molecule has 4 heteroatoms. The van der Waals surface area contributed by atoms with Crippen LogP contribution in [0.3, 0.4) is 0 Å². The van der Waals surface area contributed by atoms with Gasteiger partial charge in [0.25, 0.3) is 0 Å². The summed E-state index contributed by atoms with van der Waals surface area (Å²) in [6, 6.07) is 10.4. The molecule has 0 aliphatic heterocycles. The molecule has 0 radical (unpaired) electrons. The summed E-state index contributed by atoms with van der Waals surface area (Å²) in [7, 11) is 0. The number of aryl methyl sites for hydroxylation is 1. The van der Waals surface area contributed by atoms with Crippen LogP contribution in [0.1, 0.15) is 24.6 Å². The molecule has 0 amide bonds. The average molecular weight is 308 g/mol. The van der Waals surface area contributed by atoms with Crippen LogP contribution in [0.2, 0.25) is 0 Å². The van der Waals surface area contributed by atoms with Crippen LogP contribution in [-0.4, -0.2) is 9.78 Å². The zero-order valence-electron chi connectivity index (χ0n) is 10.6. The van der Waals surface area contributed by atoms with Gasteiger partial charge in [-0.25, -0.2) is 0 Å². The van der Waals surface area contributed by atoms with Crippen molar-refractivity contribution in [3.63, 3.8) is 0 Å². The van der Waals surface area contributed by atoms with Crippen LogP contribution in [0.5, 0.6) is 0 Å². The van der Waals surface area contributed by atoms with E-state index in [4.69, 9.17) is 0 Å². The molecule has 0 atom stereocenters. The van der Waals surface area contributed by atoms with E-state index < -0.39 is 0 Å². The van der Waals surface area contributed by atoms with E-state index in [9.17, 15) is 0 Å². The van der Waals surface area contributed by atoms with Gasteiger partial charge in [-0.3, -0.25) is 4.68 Å². The third kappa shape index (κ3) is 3.68. The maximum atomic E-state index is 4.31. The summed E-state index contributed by atoms with van der Waals surface area (Å²) in [5.74, 6) is 0. The first-order chi connectivity index (χ1) is 8.79. The summed E-state index contributed by atoms with van der Waals surface area (Å²) < 4.78 is 3.19. The summed E-state index contributed by atoms with van der Waals surface area (Å²) in [5, 5.41) is 7.76. The second-order valence-electron chi connectivity index (χ2n) is 4.28. The molecule has 0 fully saturated rings. The third-order valence-corrected chi connectivity index (χ3v) is 3.26.